The van der Waals surface area contributed by atoms with Crippen molar-refractivity contribution in [2.75, 3.05) is 0 Å². The number of halogens is 1. The van der Waals surface area contributed by atoms with Crippen LogP contribution in [0.5, 0.6) is 0 Å². The fourth-order valence-corrected chi connectivity index (χ4v) is 1.41. The van der Waals surface area contributed by atoms with E-state index in [-0.39, 0.29) is 17.2 Å². The summed E-state index contributed by atoms with van der Waals surface area (Å²) in [5.41, 5.74) is 9.71. The smallest absolute Gasteiger partial charge is 0.222 e. The van der Waals surface area contributed by atoms with Gasteiger partial charge < -0.3 is 0 Å². The zero-order valence-corrected chi connectivity index (χ0v) is 10.1. The summed E-state index contributed by atoms with van der Waals surface area (Å²) in [5, 5.41) is 3.70. The number of hydrogen-bond acceptors (Lipinski definition) is 3. The fourth-order valence-electron chi connectivity index (χ4n) is 1.26. The van der Waals surface area contributed by atoms with Gasteiger partial charge in [0.25, 0.3) is 0 Å². The molecule has 16 heavy (non-hydrogen) atoms. The van der Waals surface area contributed by atoms with Gasteiger partial charge in [0.15, 0.2) is 0 Å². The average Bonchev–Trinajstić information content (AvgIpc) is 2.14. The second-order valence-corrected chi connectivity index (χ2v) is 4.68. The van der Waals surface area contributed by atoms with Crippen molar-refractivity contribution < 1.29 is 0 Å². The van der Waals surface area contributed by atoms with Crippen molar-refractivity contribution in [3.63, 3.8) is 0 Å². The van der Waals surface area contributed by atoms with Crippen molar-refractivity contribution in [3.05, 3.63) is 40.1 Å². The average molecular weight is 239 g/mol. The van der Waals surface area contributed by atoms with E-state index in [0.717, 1.165) is 11.3 Å². The normalized spacial score (nSPS) is 11.0. The summed E-state index contributed by atoms with van der Waals surface area (Å²) in [6.45, 7) is 8.25. The predicted octanol–water partition coefficient (Wildman–Crippen LogP) is 3.34. The molecule has 1 aromatic rings. The highest BCUT2D eigenvalue weighted by atomic mass is 35.5. The van der Waals surface area contributed by atoms with Crippen LogP contribution < -0.4 is 0 Å². The maximum atomic E-state index is 8.28. The van der Waals surface area contributed by atoms with E-state index in [1.165, 1.54) is 0 Å². The molecule has 1 heterocycles. The van der Waals surface area contributed by atoms with Gasteiger partial charge in [0, 0.05) is 16.8 Å². The molecule has 0 bridgehead atoms. The van der Waals surface area contributed by atoms with Crippen molar-refractivity contribution in [2.24, 2.45) is 10.5 Å². The number of hydrogen-bond donors (Lipinski definition) is 0. The van der Waals surface area contributed by atoms with Crippen LogP contribution >= 0.6 is 11.6 Å². The molecule has 0 amide bonds. The Labute approximate surface area is 99.5 Å². The van der Waals surface area contributed by atoms with Gasteiger partial charge in [0.2, 0.25) is 5.28 Å². The SMILES string of the molecule is [CH2]C(C)(C)Cc1nc(Cl)ncc1CN=[N+]=[N-]. The molecule has 5 nitrogen and oxygen atoms in total. The van der Waals surface area contributed by atoms with Crippen molar-refractivity contribution in [1.82, 2.24) is 9.97 Å². The van der Waals surface area contributed by atoms with Crippen molar-refractivity contribution in [1.29, 1.82) is 0 Å². The van der Waals surface area contributed by atoms with E-state index < -0.39 is 0 Å². The van der Waals surface area contributed by atoms with E-state index in [4.69, 9.17) is 17.1 Å². The van der Waals surface area contributed by atoms with E-state index >= 15 is 0 Å². The minimum atomic E-state index is -0.150. The van der Waals surface area contributed by atoms with E-state index in [0.29, 0.717) is 6.42 Å². The molecule has 0 aliphatic carbocycles. The van der Waals surface area contributed by atoms with E-state index in [2.05, 4.69) is 26.9 Å². The fraction of sp³-hybridized carbons (Fsp3) is 0.500. The Morgan fingerprint density at radius 1 is 1.62 bits per heavy atom. The van der Waals surface area contributed by atoms with Crippen LogP contribution in [-0.4, -0.2) is 9.97 Å². The van der Waals surface area contributed by atoms with Crippen LogP contribution in [0.15, 0.2) is 11.3 Å². The molecule has 0 saturated carbocycles. The van der Waals surface area contributed by atoms with Crippen LogP contribution in [0.1, 0.15) is 25.1 Å². The Hall–Kier alpha value is -1.32. The molecule has 0 unspecified atom stereocenters. The van der Waals surface area contributed by atoms with E-state index in [9.17, 15) is 0 Å². The van der Waals surface area contributed by atoms with E-state index in [1.54, 1.807) is 6.20 Å². The molecule has 0 aliphatic rings. The maximum Gasteiger partial charge on any atom is 0.222 e. The van der Waals surface area contributed by atoms with Crippen LogP contribution in [0.4, 0.5) is 0 Å². The first-order valence-electron chi connectivity index (χ1n) is 4.79. The molecule has 0 spiro atoms. The third-order valence-electron chi connectivity index (χ3n) is 1.88. The summed E-state index contributed by atoms with van der Waals surface area (Å²) in [6, 6.07) is 0. The van der Waals surface area contributed by atoms with Crippen LogP contribution in [0.3, 0.4) is 0 Å². The second-order valence-electron chi connectivity index (χ2n) is 4.34. The topological polar surface area (TPSA) is 74.5 Å². The number of nitrogens with zero attached hydrogens (tertiary/aromatic N) is 5. The first-order valence-corrected chi connectivity index (χ1v) is 5.17. The molecule has 1 radical (unpaired) electrons. The summed E-state index contributed by atoms with van der Waals surface area (Å²) >= 11 is 5.73. The highest BCUT2D eigenvalue weighted by molar-refractivity contribution is 6.28. The van der Waals surface area contributed by atoms with Crippen LogP contribution in [0, 0.1) is 12.3 Å². The molecular weight excluding hydrogens is 226 g/mol. The Balaban J connectivity index is 3.02. The highest BCUT2D eigenvalue weighted by Gasteiger charge is 2.16. The lowest BCUT2D eigenvalue weighted by Crippen LogP contribution is -2.13. The quantitative estimate of drug-likeness (QED) is 0.349. The van der Waals surface area contributed by atoms with Crippen molar-refractivity contribution in [2.45, 2.75) is 26.8 Å². The predicted molar refractivity (Wildman–Crippen MR) is 62.7 cm³/mol. The molecule has 1 aromatic heterocycles. The monoisotopic (exact) mass is 238 g/mol. The summed E-state index contributed by atoms with van der Waals surface area (Å²) in [5.74, 6) is 0. The van der Waals surface area contributed by atoms with Crippen LogP contribution in [0.25, 0.3) is 10.4 Å². The molecule has 0 aromatic carbocycles. The van der Waals surface area contributed by atoms with Gasteiger partial charge in [-0.1, -0.05) is 19.0 Å². The standard InChI is InChI=1S/C10H13ClN5/c1-10(2,3)4-8-7(6-14-16-12)5-13-9(11)15-8/h5H,1,4,6H2,2-3H3. The second kappa shape index (κ2) is 5.14. The van der Waals surface area contributed by atoms with Gasteiger partial charge in [0.05, 0.1) is 6.54 Å². The Morgan fingerprint density at radius 3 is 2.88 bits per heavy atom. The third-order valence-corrected chi connectivity index (χ3v) is 2.06. The minimum Gasteiger partial charge on any atom is -0.226 e. The molecular formula is C10H13ClN5. The minimum absolute atomic E-state index is 0.150. The van der Waals surface area contributed by atoms with E-state index in [1.807, 2.05) is 13.8 Å². The lowest BCUT2D eigenvalue weighted by molar-refractivity contribution is 0.463. The highest BCUT2D eigenvalue weighted by Crippen LogP contribution is 2.22. The summed E-state index contributed by atoms with van der Waals surface area (Å²) in [7, 11) is 0. The lowest BCUT2D eigenvalue weighted by atomic mass is 9.89. The molecule has 1 rings (SSSR count). The number of aromatic nitrogens is 2. The summed E-state index contributed by atoms with van der Waals surface area (Å²) in [6.07, 6.45) is 2.25. The number of azide groups is 1. The molecule has 0 aliphatic heterocycles. The zero-order chi connectivity index (χ0) is 12.2. The zero-order valence-electron chi connectivity index (χ0n) is 9.31. The largest absolute Gasteiger partial charge is 0.226 e. The van der Waals surface area contributed by atoms with Gasteiger partial charge in [-0.25, -0.2) is 9.97 Å². The van der Waals surface area contributed by atoms with Gasteiger partial charge in [-0.3, -0.25) is 0 Å². The van der Waals surface area contributed by atoms with Gasteiger partial charge in [-0.2, -0.15) is 0 Å². The third kappa shape index (κ3) is 4.04. The molecule has 0 saturated heterocycles. The Morgan fingerprint density at radius 2 is 2.31 bits per heavy atom. The van der Waals surface area contributed by atoms with Gasteiger partial charge in [0.1, 0.15) is 0 Å². The Kier molecular flexibility index (Phi) is 4.10. The summed E-state index contributed by atoms with van der Waals surface area (Å²) < 4.78 is 0. The molecule has 0 atom stereocenters. The molecule has 6 heteroatoms. The van der Waals surface area contributed by atoms with Gasteiger partial charge >= 0.3 is 0 Å². The van der Waals surface area contributed by atoms with Gasteiger partial charge in [-0.15, -0.1) is 0 Å². The van der Waals surface area contributed by atoms with Gasteiger partial charge in [-0.05, 0) is 41.5 Å². The molecule has 0 N–H and O–H groups in total. The first-order chi connectivity index (χ1) is 7.42. The van der Waals surface area contributed by atoms with Crippen molar-refractivity contribution >= 4 is 11.6 Å². The van der Waals surface area contributed by atoms with Crippen LogP contribution in [-0.2, 0) is 13.0 Å². The van der Waals surface area contributed by atoms with Crippen molar-refractivity contribution in [3.8, 4) is 0 Å². The lowest BCUT2D eigenvalue weighted by Gasteiger charge is -2.18. The van der Waals surface area contributed by atoms with Crippen LogP contribution in [0.2, 0.25) is 5.28 Å². The molecule has 0 fully saturated rings. The molecule has 85 valence electrons. The summed E-state index contributed by atoms with van der Waals surface area (Å²) in [4.78, 5) is 10.7. The number of rotatable bonds is 4. The maximum absolute atomic E-state index is 8.28. The first kappa shape index (κ1) is 12.7. The Bertz CT molecular complexity index is 418.